The van der Waals surface area contributed by atoms with Crippen LogP contribution in [-0.4, -0.2) is 41.6 Å². The van der Waals surface area contributed by atoms with Crippen LogP contribution in [0.2, 0.25) is 0 Å². The molecule has 5 nitrogen and oxygen atoms in total. The van der Waals surface area contributed by atoms with Gasteiger partial charge in [-0.25, -0.2) is 4.39 Å². The maximum Gasteiger partial charge on any atom is 0.257 e. The zero-order valence-corrected chi connectivity index (χ0v) is 16.1. The van der Waals surface area contributed by atoms with E-state index in [4.69, 9.17) is 4.52 Å². The Morgan fingerprint density at radius 1 is 1.33 bits per heavy atom. The highest BCUT2D eigenvalue weighted by Gasteiger charge is 2.25. The number of carbonyl (C=O) groups is 1. The fourth-order valence-corrected chi connectivity index (χ4v) is 3.69. The van der Waals surface area contributed by atoms with Gasteiger partial charge in [0.1, 0.15) is 22.8 Å². The molecule has 0 radical (unpaired) electrons. The molecule has 2 aromatic rings. The summed E-state index contributed by atoms with van der Waals surface area (Å²) < 4.78 is 18.4. The first-order valence-corrected chi connectivity index (χ1v) is 9.84. The normalized spacial score (nSPS) is 17.8. The monoisotopic (exact) mass is 373 g/mol. The molecule has 146 valence electrons. The van der Waals surface area contributed by atoms with Crippen molar-refractivity contribution in [3.8, 4) is 11.3 Å². The molecule has 1 N–H and O–H groups in total. The van der Waals surface area contributed by atoms with Gasteiger partial charge >= 0.3 is 0 Å². The fourth-order valence-electron chi connectivity index (χ4n) is 3.69. The van der Waals surface area contributed by atoms with E-state index in [0.29, 0.717) is 35.2 Å². The van der Waals surface area contributed by atoms with Crippen molar-refractivity contribution < 1.29 is 13.7 Å². The molecule has 1 aliphatic rings. The summed E-state index contributed by atoms with van der Waals surface area (Å²) in [5, 5.41) is 7.09. The van der Waals surface area contributed by atoms with Gasteiger partial charge in [0.25, 0.3) is 5.91 Å². The van der Waals surface area contributed by atoms with Crippen LogP contribution in [0.15, 0.2) is 28.8 Å². The van der Waals surface area contributed by atoms with Crippen molar-refractivity contribution in [1.29, 1.82) is 0 Å². The standard InChI is InChI=1S/C21H28FN3O2/c1-3-4-12-25-13-6-5-7-18(25)14-23-21(26)19-15(2)27-24-20(19)16-8-10-17(22)11-9-16/h8-11,18H,3-7,12-14H2,1-2H3,(H,23,26). The maximum atomic E-state index is 13.2. The molecule has 1 unspecified atom stereocenters. The summed E-state index contributed by atoms with van der Waals surface area (Å²) in [6.07, 6.45) is 5.90. The quantitative estimate of drug-likeness (QED) is 0.791. The first kappa shape index (κ1) is 19.5. The number of hydrogen-bond acceptors (Lipinski definition) is 4. The maximum absolute atomic E-state index is 13.2. The molecule has 2 heterocycles. The highest BCUT2D eigenvalue weighted by Crippen LogP contribution is 2.25. The molecule has 0 saturated carbocycles. The summed E-state index contributed by atoms with van der Waals surface area (Å²) in [6.45, 7) is 6.74. The Bertz CT molecular complexity index is 757. The Hall–Kier alpha value is -2.21. The molecule has 1 amide bonds. The molecule has 6 heteroatoms. The summed E-state index contributed by atoms with van der Waals surface area (Å²) in [5.41, 5.74) is 1.55. The summed E-state index contributed by atoms with van der Waals surface area (Å²) in [4.78, 5) is 15.3. The predicted octanol–water partition coefficient (Wildman–Crippen LogP) is 4.17. The van der Waals surface area contributed by atoms with Gasteiger partial charge < -0.3 is 9.84 Å². The highest BCUT2D eigenvalue weighted by molar-refractivity contribution is 6.00. The average Bonchev–Trinajstić information content (AvgIpc) is 3.07. The molecule has 1 aliphatic heterocycles. The molecule has 1 aromatic carbocycles. The largest absolute Gasteiger partial charge is 0.360 e. The summed E-state index contributed by atoms with van der Waals surface area (Å²) in [7, 11) is 0. The number of halogens is 1. The third-order valence-corrected chi connectivity index (χ3v) is 5.25. The Morgan fingerprint density at radius 2 is 2.11 bits per heavy atom. The Kier molecular flexibility index (Phi) is 6.61. The number of carbonyl (C=O) groups excluding carboxylic acids is 1. The average molecular weight is 373 g/mol. The minimum absolute atomic E-state index is 0.186. The molecule has 27 heavy (non-hydrogen) atoms. The molecule has 0 spiro atoms. The molecule has 1 fully saturated rings. The summed E-state index contributed by atoms with van der Waals surface area (Å²) in [5.74, 6) is -0.0400. The first-order chi connectivity index (χ1) is 13.1. The Labute approximate surface area is 159 Å². The molecular formula is C21H28FN3O2. The van der Waals surface area contributed by atoms with Crippen LogP contribution in [0.1, 0.15) is 55.1 Å². The van der Waals surface area contributed by atoms with E-state index in [-0.39, 0.29) is 11.7 Å². The van der Waals surface area contributed by atoms with Crippen LogP contribution in [0.4, 0.5) is 4.39 Å². The van der Waals surface area contributed by atoms with Crippen molar-refractivity contribution in [3.63, 3.8) is 0 Å². The second kappa shape index (κ2) is 9.13. The Balaban J connectivity index is 1.69. The number of hydrogen-bond donors (Lipinski definition) is 1. The van der Waals surface area contributed by atoms with Crippen LogP contribution in [0.25, 0.3) is 11.3 Å². The van der Waals surface area contributed by atoms with E-state index >= 15 is 0 Å². The minimum Gasteiger partial charge on any atom is -0.360 e. The van der Waals surface area contributed by atoms with Gasteiger partial charge in [-0.3, -0.25) is 9.69 Å². The molecule has 1 aromatic heterocycles. The molecule has 1 atom stereocenters. The number of aryl methyl sites for hydroxylation is 1. The predicted molar refractivity (Wildman–Crippen MR) is 103 cm³/mol. The van der Waals surface area contributed by atoms with Crippen LogP contribution in [-0.2, 0) is 0 Å². The van der Waals surface area contributed by atoms with Gasteiger partial charge in [-0.1, -0.05) is 24.9 Å². The molecule has 0 bridgehead atoms. The van der Waals surface area contributed by atoms with E-state index in [1.54, 1.807) is 19.1 Å². The first-order valence-electron chi connectivity index (χ1n) is 9.84. The van der Waals surface area contributed by atoms with Crippen LogP contribution in [0, 0.1) is 12.7 Å². The third-order valence-electron chi connectivity index (χ3n) is 5.25. The van der Waals surface area contributed by atoms with E-state index in [1.807, 2.05) is 0 Å². The number of unbranched alkanes of at least 4 members (excludes halogenated alkanes) is 1. The second-order valence-electron chi connectivity index (χ2n) is 7.22. The number of aromatic nitrogens is 1. The topological polar surface area (TPSA) is 58.4 Å². The number of piperidine rings is 1. The van der Waals surface area contributed by atoms with Crippen molar-refractivity contribution in [1.82, 2.24) is 15.4 Å². The lowest BCUT2D eigenvalue weighted by Gasteiger charge is -2.35. The zero-order chi connectivity index (χ0) is 19.2. The lowest BCUT2D eigenvalue weighted by atomic mass is 10.0. The van der Waals surface area contributed by atoms with E-state index in [0.717, 1.165) is 19.5 Å². The summed E-state index contributed by atoms with van der Waals surface area (Å²) >= 11 is 0. The third kappa shape index (κ3) is 4.75. The van der Waals surface area contributed by atoms with Gasteiger partial charge in [-0.2, -0.15) is 0 Å². The van der Waals surface area contributed by atoms with Crippen molar-refractivity contribution >= 4 is 5.91 Å². The number of nitrogens with zero attached hydrogens (tertiary/aromatic N) is 2. The van der Waals surface area contributed by atoms with Crippen LogP contribution < -0.4 is 5.32 Å². The van der Waals surface area contributed by atoms with E-state index in [2.05, 4.69) is 22.3 Å². The second-order valence-corrected chi connectivity index (χ2v) is 7.22. The molecule has 3 rings (SSSR count). The SMILES string of the molecule is CCCCN1CCCCC1CNC(=O)c1c(-c2ccc(F)cc2)noc1C. The van der Waals surface area contributed by atoms with Gasteiger partial charge in [0, 0.05) is 18.2 Å². The number of nitrogens with one attached hydrogen (secondary N) is 1. The van der Waals surface area contributed by atoms with Crippen LogP contribution in [0.3, 0.4) is 0 Å². The van der Waals surface area contributed by atoms with Gasteiger partial charge in [-0.05, 0) is 63.5 Å². The zero-order valence-electron chi connectivity index (χ0n) is 16.1. The van der Waals surface area contributed by atoms with Gasteiger partial charge in [0.2, 0.25) is 0 Å². The molecule has 0 aliphatic carbocycles. The van der Waals surface area contributed by atoms with Crippen molar-refractivity contribution in [3.05, 3.63) is 41.4 Å². The lowest BCUT2D eigenvalue weighted by Crippen LogP contribution is -2.47. The van der Waals surface area contributed by atoms with E-state index in [9.17, 15) is 9.18 Å². The van der Waals surface area contributed by atoms with Gasteiger partial charge in [-0.15, -0.1) is 0 Å². The summed E-state index contributed by atoms with van der Waals surface area (Å²) in [6, 6.07) is 6.31. The van der Waals surface area contributed by atoms with E-state index < -0.39 is 0 Å². The van der Waals surface area contributed by atoms with Gasteiger partial charge in [0.05, 0.1) is 0 Å². The van der Waals surface area contributed by atoms with Gasteiger partial charge in [0.15, 0.2) is 0 Å². The number of benzene rings is 1. The minimum atomic E-state index is -0.325. The van der Waals surface area contributed by atoms with Crippen LogP contribution >= 0.6 is 0 Å². The Morgan fingerprint density at radius 3 is 2.85 bits per heavy atom. The smallest absolute Gasteiger partial charge is 0.257 e. The molecular weight excluding hydrogens is 345 g/mol. The van der Waals surface area contributed by atoms with Crippen LogP contribution in [0.5, 0.6) is 0 Å². The lowest BCUT2D eigenvalue weighted by molar-refractivity contribution is 0.0911. The fraction of sp³-hybridized carbons (Fsp3) is 0.524. The van der Waals surface area contributed by atoms with Crippen molar-refractivity contribution in [2.45, 2.75) is 52.0 Å². The highest BCUT2D eigenvalue weighted by atomic mass is 19.1. The number of rotatable bonds is 7. The number of amides is 1. The number of likely N-dealkylation sites (tertiary alicyclic amines) is 1. The van der Waals surface area contributed by atoms with Crippen molar-refractivity contribution in [2.24, 2.45) is 0 Å². The molecule has 1 saturated heterocycles. The van der Waals surface area contributed by atoms with E-state index in [1.165, 1.54) is 37.8 Å². The van der Waals surface area contributed by atoms with Crippen molar-refractivity contribution in [2.75, 3.05) is 19.6 Å².